The highest BCUT2D eigenvalue weighted by molar-refractivity contribution is 6.35. The number of phenolic OH excluding ortho intramolecular Hbond substituents is 1. The van der Waals surface area contributed by atoms with Crippen molar-refractivity contribution < 1.29 is 5.11 Å². The lowest BCUT2D eigenvalue weighted by atomic mass is 10.0. The number of rotatable bonds is 3. The van der Waals surface area contributed by atoms with Gasteiger partial charge in [0.1, 0.15) is 5.75 Å². The van der Waals surface area contributed by atoms with Crippen molar-refractivity contribution in [2.24, 2.45) is 0 Å². The zero-order chi connectivity index (χ0) is 13.8. The van der Waals surface area contributed by atoms with Crippen LogP contribution in [0.4, 0.5) is 0 Å². The minimum atomic E-state index is -0.178. The SMILES string of the molecule is N#CC[C@@H](c1cc(Cl)cc(Cl)c1O)N1CCNCC1. The molecule has 1 aliphatic rings. The maximum absolute atomic E-state index is 10.1. The minimum Gasteiger partial charge on any atom is -0.506 e. The average Bonchev–Trinajstić information content (AvgIpc) is 2.41. The Morgan fingerprint density at radius 3 is 2.68 bits per heavy atom. The van der Waals surface area contributed by atoms with Crippen molar-refractivity contribution in [1.82, 2.24) is 10.2 Å². The highest BCUT2D eigenvalue weighted by Gasteiger charge is 2.25. The molecule has 0 radical (unpaired) electrons. The van der Waals surface area contributed by atoms with E-state index < -0.39 is 0 Å². The van der Waals surface area contributed by atoms with Crippen LogP contribution in [0.2, 0.25) is 10.0 Å². The van der Waals surface area contributed by atoms with Gasteiger partial charge in [-0.1, -0.05) is 23.2 Å². The number of aromatic hydroxyl groups is 1. The first-order chi connectivity index (χ1) is 9.13. The molecule has 6 heteroatoms. The third-order valence-corrected chi connectivity index (χ3v) is 3.80. The second-order valence-electron chi connectivity index (χ2n) is 4.49. The Kier molecular flexibility index (Phi) is 4.89. The normalized spacial score (nSPS) is 17.9. The van der Waals surface area contributed by atoms with E-state index in [1.807, 2.05) is 0 Å². The lowest BCUT2D eigenvalue weighted by Gasteiger charge is -2.34. The van der Waals surface area contributed by atoms with Crippen molar-refractivity contribution in [3.8, 4) is 11.8 Å². The molecule has 4 nitrogen and oxygen atoms in total. The van der Waals surface area contributed by atoms with Gasteiger partial charge in [-0.25, -0.2) is 0 Å². The highest BCUT2D eigenvalue weighted by Crippen LogP contribution is 2.38. The van der Waals surface area contributed by atoms with Crippen LogP contribution in [-0.4, -0.2) is 36.2 Å². The van der Waals surface area contributed by atoms with Gasteiger partial charge < -0.3 is 10.4 Å². The van der Waals surface area contributed by atoms with Crippen molar-refractivity contribution in [3.05, 3.63) is 27.7 Å². The Morgan fingerprint density at radius 1 is 1.37 bits per heavy atom. The summed E-state index contributed by atoms with van der Waals surface area (Å²) in [7, 11) is 0. The molecule has 1 aromatic carbocycles. The highest BCUT2D eigenvalue weighted by atomic mass is 35.5. The van der Waals surface area contributed by atoms with Gasteiger partial charge in [0.05, 0.1) is 23.6 Å². The molecule has 0 unspecified atom stereocenters. The van der Waals surface area contributed by atoms with Gasteiger partial charge in [-0.3, -0.25) is 4.90 Å². The molecule has 1 aliphatic heterocycles. The Bertz CT molecular complexity index is 495. The Morgan fingerprint density at radius 2 is 2.05 bits per heavy atom. The van der Waals surface area contributed by atoms with Gasteiger partial charge in [0.15, 0.2) is 0 Å². The van der Waals surface area contributed by atoms with E-state index in [9.17, 15) is 5.11 Å². The zero-order valence-electron chi connectivity index (χ0n) is 10.4. The number of benzene rings is 1. The molecule has 0 aromatic heterocycles. The maximum atomic E-state index is 10.1. The van der Waals surface area contributed by atoms with Crippen molar-refractivity contribution in [2.75, 3.05) is 26.2 Å². The number of hydrogen-bond acceptors (Lipinski definition) is 4. The summed E-state index contributed by atoms with van der Waals surface area (Å²) in [5.74, 6) is 0.0184. The van der Waals surface area contributed by atoms with Crippen LogP contribution in [0.25, 0.3) is 0 Å². The second kappa shape index (κ2) is 6.44. The topological polar surface area (TPSA) is 59.3 Å². The molecular weight excluding hydrogens is 285 g/mol. The summed E-state index contributed by atoms with van der Waals surface area (Å²) in [5.41, 5.74) is 0.626. The van der Waals surface area contributed by atoms with Gasteiger partial charge in [-0.2, -0.15) is 5.26 Å². The summed E-state index contributed by atoms with van der Waals surface area (Å²) in [6.07, 6.45) is 0.296. The summed E-state index contributed by atoms with van der Waals surface area (Å²) in [4.78, 5) is 2.17. The standard InChI is InChI=1S/C13H15Cl2N3O/c14-9-7-10(13(19)11(15)8-9)12(1-2-16)18-5-3-17-4-6-18/h7-8,12,17,19H,1,3-6H2/t12-/m0/s1. The summed E-state index contributed by atoms with van der Waals surface area (Å²) >= 11 is 11.9. The number of piperazine rings is 1. The lowest BCUT2D eigenvalue weighted by Crippen LogP contribution is -2.45. The van der Waals surface area contributed by atoms with E-state index in [1.165, 1.54) is 6.07 Å². The first-order valence-corrected chi connectivity index (χ1v) is 6.88. The Hall–Kier alpha value is -0.990. The van der Waals surface area contributed by atoms with E-state index in [4.69, 9.17) is 28.5 Å². The van der Waals surface area contributed by atoms with Crippen LogP contribution >= 0.6 is 23.2 Å². The molecule has 2 rings (SSSR count). The van der Waals surface area contributed by atoms with E-state index in [0.717, 1.165) is 26.2 Å². The van der Waals surface area contributed by atoms with Crippen molar-refractivity contribution >= 4 is 23.2 Å². The molecule has 1 fully saturated rings. The fraction of sp³-hybridized carbons (Fsp3) is 0.462. The molecule has 2 N–H and O–H groups in total. The van der Waals surface area contributed by atoms with Crippen LogP contribution < -0.4 is 5.32 Å². The van der Waals surface area contributed by atoms with Gasteiger partial charge >= 0.3 is 0 Å². The number of phenols is 1. The van der Waals surface area contributed by atoms with Crippen LogP contribution in [0, 0.1) is 11.3 Å². The number of nitriles is 1. The monoisotopic (exact) mass is 299 g/mol. The van der Waals surface area contributed by atoms with E-state index >= 15 is 0 Å². The van der Waals surface area contributed by atoms with E-state index in [0.29, 0.717) is 17.0 Å². The number of nitrogens with zero attached hydrogens (tertiary/aromatic N) is 2. The quantitative estimate of drug-likeness (QED) is 0.900. The molecule has 0 aliphatic carbocycles. The first-order valence-electron chi connectivity index (χ1n) is 6.13. The fourth-order valence-electron chi connectivity index (χ4n) is 2.36. The second-order valence-corrected chi connectivity index (χ2v) is 5.33. The number of hydrogen-bond donors (Lipinski definition) is 2. The van der Waals surface area contributed by atoms with Gasteiger partial charge in [-0.05, 0) is 12.1 Å². The summed E-state index contributed by atoms with van der Waals surface area (Å²) in [6.45, 7) is 3.40. The molecule has 102 valence electrons. The third-order valence-electron chi connectivity index (χ3n) is 3.29. The van der Waals surface area contributed by atoms with Crippen LogP contribution in [0.5, 0.6) is 5.75 Å². The van der Waals surface area contributed by atoms with Crippen molar-refractivity contribution in [3.63, 3.8) is 0 Å². The molecule has 1 aromatic rings. The summed E-state index contributed by atoms with van der Waals surface area (Å²) < 4.78 is 0. The molecular formula is C13H15Cl2N3O. The van der Waals surface area contributed by atoms with Gasteiger partial charge in [-0.15, -0.1) is 0 Å². The van der Waals surface area contributed by atoms with E-state index in [-0.39, 0.29) is 16.8 Å². The van der Waals surface area contributed by atoms with Gasteiger partial charge in [0.25, 0.3) is 0 Å². The molecule has 0 saturated carbocycles. The summed E-state index contributed by atoms with van der Waals surface area (Å²) in [5, 5.41) is 23.1. The number of halogens is 2. The van der Waals surface area contributed by atoms with Crippen LogP contribution in [-0.2, 0) is 0 Å². The van der Waals surface area contributed by atoms with E-state index in [2.05, 4.69) is 16.3 Å². The molecule has 19 heavy (non-hydrogen) atoms. The molecule has 1 atom stereocenters. The first kappa shape index (κ1) is 14.4. The summed E-state index contributed by atoms with van der Waals surface area (Å²) in [6, 6.07) is 5.18. The molecule has 0 spiro atoms. The molecule has 0 amide bonds. The zero-order valence-corrected chi connectivity index (χ0v) is 11.9. The van der Waals surface area contributed by atoms with Gasteiger partial charge in [0, 0.05) is 36.8 Å². The molecule has 0 bridgehead atoms. The Labute approximate surface area is 122 Å². The molecule has 1 saturated heterocycles. The van der Waals surface area contributed by atoms with Gasteiger partial charge in [0.2, 0.25) is 0 Å². The Balaban J connectivity index is 2.35. The average molecular weight is 300 g/mol. The number of nitrogens with one attached hydrogen (secondary N) is 1. The predicted octanol–water partition coefficient (Wildman–Crippen LogP) is 2.56. The van der Waals surface area contributed by atoms with Crippen LogP contribution in [0.3, 0.4) is 0 Å². The molecule has 1 heterocycles. The fourth-order valence-corrected chi connectivity index (χ4v) is 2.87. The largest absolute Gasteiger partial charge is 0.506 e. The predicted molar refractivity (Wildman–Crippen MR) is 75.5 cm³/mol. The van der Waals surface area contributed by atoms with Crippen molar-refractivity contribution in [2.45, 2.75) is 12.5 Å². The van der Waals surface area contributed by atoms with E-state index in [1.54, 1.807) is 6.07 Å². The third kappa shape index (κ3) is 3.31. The lowest BCUT2D eigenvalue weighted by molar-refractivity contribution is 0.173. The van der Waals surface area contributed by atoms with Crippen LogP contribution in [0.1, 0.15) is 18.0 Å². The maximum Gasteiger partial charge on any atom is 0.139 e. The minimum absolute atomic E-state index is 0.0184. The smallest absolute Gasteiger partial charge is 0.139 e. The van der Waals surface area contributed by atoms with Crippen molar-refractivity contribution in [1.29, 1.82) is 5.26 Å². The van der Waals surface area contributed by atoms with Crippen LogP contribution in [0.15, 0.2) is 12.1 Å².